The molecular weight excluding hydrogens is 742 g/mol. The number of carbonyl (C=O) groups is 4. The average molecular weight is 796 g/mol. The number of amides is 4. The summed E-state index contributed by atoms with van der Waals surface area (Å²) >= 11 is 0. The molecule has 13 nitrogen and oxygen atoms in total. The fourth-order valence-corrected chi connectivity index (χ4v) is 9.10. The van der Waals surface area contributed by atoms with E-state index in [1.54, 1.807) is 26.8 Å². The molecule has 7 atom stereocenters. The van der Waals surface area contributed by atoms with Crippen molar-refractivity contribution >= 4 is 44.4 Å². The van der Waals surface area contributed by atoms with Gasteiger partial charge in [-0.15, -0.1) is 6.58 Å². The highest BCUT2D eigenvalue weighted by atomic mass is 32.2. The lowest BCUT2D eigenvalue weighted by atomic mass is 9.83. The molecule has 0 spiro atoms. The molecule has 0 unspecified atom stereocenters. The van der Waals surface area contributed by atoms with E-state index in [4.69, 9.17) is 9.47 Å². The van der Waals surface area contributed by atoms with Crippen molar-refractivity contribution in [1.29, 1.82) is 0 Å². The van der Waals surface area contributed by atoms with Crippen LogP contribution in [0, 0.1) is 29.0 Å². The monoisotopic (exact) mass is 795 g/mol. The fourth-order valence-electron chi connectivity index (χ4n) is 7.79. The summed E-state index contributed by atoms with van der Waals surface area (Å²) < 4.78 is 54.0. The van der Waals surface area contributed by atoms with E-state index in [0.717, 1.165) is 6.42 Å². The Bertz CT molecular complexity index is 2050. The number of nitrogens with zero attached hydrogens (tertiary/aromatic N) is 2. The molecule has 2 saturated carbocycles. The van der Waals surface area contributed by atoms with Crippen molar-refractivity contribution in [3.63, 3.8) is 0 Å². The van der Waals surface area contributed by atoms with Gasteiger partial charge in [-0.2, -0.15) is 0 Å². The Balaban J connectivity index is 1.38. The zero-order valence-corrected chi connectivity index (χ0v) is 33.8. The molecule has 56 heavy (non-hydrogen) atoms. The van der Waals surface area contributed by atoms with Gasteiger partial charge in [0.05, 0.1) is 23.8 Å². The maximum atomic E-state index is 15.0. The van der Waals surface area contributed by atoms with Crippen LogP contribution in [0.15, 0.2) is 49.2 Å². The number of pyridine rings is 1. The summed E-state index contributed by atoms with van der Waals surface area (Å²) in [6, 6.07) is 2.25. The molecular formula is C41H54FN5O8S. The number of hydrogen-bond acceptors (Lipinski definition) is 9. The van der Waals surface area contributed by atoms with Gasteiger partial charge >= 0.3 is 0 Å². The Morgan fingerprint density at radius 2 is 1.95 bits per heavy atom. The molecule has 0 radical (unpaired) electrons. The Morgan fingerprint density at radius 3 is 2.61 bits per heavy atom. The van der Waals surface area contributed by atoms with E-state index in [1.807, 2.05) is 19.1 Å². The molecule has 6 rings (SSSR count). The number of fused-ring (bicyclic) bond motifs is 3. The van der Waals surface area contributed by atoms with Crippen molar-refractivity contribution in [1.82, 2.24) is 25.2 Å². The van der Waals surface area contributed by atoms with E-state index in [9.17, 15) is 32.0 Å². The van der Waals surface area contributed by atoms with Gasteiger partial charge < -0.3 is 25.0 Å². The van der Waals surface area contributed by atoms with Crippen LogP contribution in [0.25, 0.3) is 10.8 Å². The van der Waals surface area contributed by atoms with Crippen molar-refractivity contribution < 1.29 is 41.5 Å². The first-order valence-corrected chi connectivity index (χ1v) is 21.0. The number of nitrogens with one attached hydrogen (secondary N) is 3. The molecule has 4 aliphatic rings. The highest BCUT2D eigenvalue weighted by Gasteiger charge is 2.63. The first-order valence-electron chi connectivity index (χ1n) is 19.5. The zero-order valence-electron chi connectivity index (χ0n) is 33.0. The highest BCUT2D eigenvalue weighted by Crippen LogP contribution is 2.48. The van der Waals surface area contributed by atoms with Crippen LogP contribution in [0.5, 0.6) is 11.6 Å². The van der Waals surface area contributed by atoms with E-state index in [0.29, 0.717) is 42.9 Å². The van der Waals surface area contributed by atoms with Crippen LogP contribution in [0.3, 0.4) is 0 Å². The van der Waals surface area contributed by atoms with Crippen molar-refractivity contribution in [3.05, 3.63) is 55.0 Å². The first-order chi connectivity index (χ1) is 26.4. The molecule has 1 aromatic carbocycles. The maximum absolute atomic E-state index is 15.0. The number of carbonyl (C=O) groups excluding carboxylic acids is 4. The SMILES string of the molecule is C=CC(C)(C)C(=O)N[C@@H]1C(=O)N2C[C@H](Oc3nccc4cc(OC)c(F)cc34)C[C@H]2C(=O)N[C@]2(C(=O)NS(=O)(=O)C3(C)CC3)C[C@H]2/C=C\CC[C@@H](C)C[C@H]1CC. The van der Waals surface area contributed by atoms with Gasteiger partial charge in [0.1, 0.15) is 23.7 Å². The molecule has 3 fully saturated rings. The maximum Gasteiger partial charge on any atom is 0.259 e. The summed E-state index contributed by atoms with van der Waals surface area (Å²) in [6.45, 7) is 12.8. The van der Waals surface area contributed by atoms with E-state index < -0.39 is 79.3 Å². The van der Waals surface area contributed by atoms with Crippen LogP contribution in [0.4, 0.5) is 4.39 Å². The quantitative estimate of drug-likeness (QED) is 0.288. The molecule has 3 heterocycles. The fraction of sp³-hybridized carbons (Fsp3) is 0.585. The zero-order chi connectivity index (χ0) is 40.8. The molecule has 15 heteroatoms. The Labute approximate surface area is 328 Å². The van der Waals surface area contributed by atoms with Crippen LogP contribution in [-0.2, 0) is 29.2 Å². The number of allylic oxidation sites excluding steroid dienone is 1. The average Bonchev–Trinajstić information content (AvgIpc) is 4.04. The second kappa shape index (κ2) is 15.4. The second-order valence-electron chi connectivity index (χ2n) is 16.9. The van der Waals surface area contributed by atoms with Gasteiger partial charge in [-0.25, -0.2) is 17.8 Å². The van der Waals surface area contributed by atoms with E-state index in [1.165, 1.54) is 36.4 Å². The number of hydrogen-bond donors (Lipinski definition) is 3. The van der Waals surface area contributed by atoms with Crippen molar-refractivity contribution in [3.8, 4) is 11.6 Å². The summed E-state index contributed by atoms with van der Waals surface area (Å²) in [7, 11) is -2.66. The predicted molar refractivity (Wildman–Crippen MR) is 208 cm³/mol. The molecule has 1 aromatic heterocycles. The van der Waals surface area contributed by atoms with Gasteiger partial charge in [0.2, 0.25) is 33.6 Å². The number of rotatable bonds is 10. The lowest BCUT2D eigenvalue weighted by Gasteiger charge is -2.35. The number of methoxy groups -OCH3 is 1. The number of aromatic nitrogens is 1. The minimum Gasteiger partial charge on any atom is -0.494 e. The third-order valence-corrected chi connectivity index (χ3v) is 14.4. The van der Waals surface area contributed by atoms with E-state index in [2.05, 4.69) is 33.8 Å². The molecule has 3 N–H and O–H groups in total. The van der Waals surface area contributed by atoms with E-state index in [-0.39, 0.29) is 42.9 Å². The second-order valence-corrected chi connectivity index (χ2v) is 19.0. The minimum absolute atomic E-state index is 0.0329. The van der Waals surface area contributed by atoms with Crippen LogP contribution in [0.1, 0.15) is 86.0 Å². The smallest absolute Gasteiger partial charge is 0.259 e. The summed E-state index contributed by atoms with van der Waals surface area (Å²) in [5.41, 5.74) is -2.57. The van der Waals surface area contributed by atoms with Crippen LogP contribution in [0.2, 0.25) is 0 Å². The number of ether oxygens (including phenoxy) is 2. The molecule has 1 saturated heterocycles. The number of halogens is 1. The van der Waals surface area contributed by atoms with Gasteiger partial charge in [0, 0.05) is 23.9 Å². The molecule has 0 bridgehead atoms. The van der Waals surface area contributed by atoms with Gasteiger partial charge in [-0.1, -0.05) is 38.5 Å². The van der Waals surface area contributed by atoms with Gasteiger partial charge in [0.25, 0.3) is 5.91 Å². The first kappa shape index (κ1) is 41.1. The highest BCUT2D eigenvalue weighted by molar-refractivity contribution is 7.91. The molecule has 304 valence electrons. The van der Waals surface area contributed by atoms with Gasteiger partial charge in [-0.05, 0) is 94.7 Å². The number of benzene rings is 1. The summed E-state index contributed by atoms with van der Waals surface area (Å²) in [4.78, 5) is 62.9. The summed E-state index contributed by atoms with van der Waals surface area (Å²) in [6.07, 6.45) is 9.60. The molecule has 2 aromatic rings. The summed E-state index contributed by atoms with van der Waals surface area (Å²) in [5.74, 6) is -3.50. The Morgan fingerprint density at radius 1 is 1.21 bits per heavy atom. The van der Waals surface area contributed by atoms with Crippen LogP contribution in [-0.4, -0.2) is 84.1 Å². The third-order valence-electron chi connectivity index (χ3n) is 12.3. The largest absolute Gasteiger partial charge is 0.494 e. The topological polar surface area (TPSA) is 173 Å². The number of sulfonamides is 1. The normalized spacial score (nSPS) is 29.7. The Hall–Kier alpha value is -4.53. The molecule has 2 aliphatic heterocycles. The van der Waals surface area contributed by atoms with Gasteiger partial charge in [0.15, 0.2) is 11.6 Å². The standard InChI is InChI=1S/C41H54FN5O8S/c1-8-25-18-24(3)12-10-11-13-27-22-41(27,38(51)46-56(52,53)40(6)15-16-40)45-34(48)31-20-28(23-47(31)36(49)33(25)44-37(50)39(4,5)9-2)55-35-29-21-30(42)32(54-7)19-26(29)14-17-43-35/h9,11,13-14,17,19,21,24-25,27-28,31,33H,2,8,10,12,15-16,18,20,22-23H2,1,3-7H3,(H,44,50)(H,45,48)(H,46,51)/b13-11-/t24-,25-,27-,28-,31+,33+,41-/m1/s1. The van der Waals surface area contributed by atoms with Crippen molar-refractivity contribution in [2.24, 2.45) is 23.2 Å². The predicted octanol–water partition coefficient (Wildman–Crippen LogP) is 4.70. The summed E-state index contributed by atoms with van der Waals surface area (Å²) in [5, 5.41) is 6.85. The molecule has 4 amide bonds. The van der Waals surface area contributed by atoms with Crippen LogP contribution < -0.4 is 24.8 Å². The lowest BCUT2D eigenvalue weighted by Crippen LogP contribution is -2.60. The molecule has 2 aliphatic carbocycles. The lowest BCUT2D eigenvalue weighted by molar-refractivity contribution is -0.144. The third kappa shape index (κ3) is 8.01. The van der Waals surface area contributed by atoms with Crippen LogP contribution >= 0.6 is 0 Å². The van der Waals surface area contributed by atoms with Crippen molar-refractivity contribution in [2.45, 2.75) is 114 Å². The van der Waals surface area contributed by atoms with E-state index >= 15 is 0 Å². The van der Waals surface area contributed by atoms with Gasteiger partial charge in [-0.3, -0.25) is 23.9 Å². The van der Waals surface area contributed by atoms with Crippen molar-refractivity contribution in [2.75, 3.05) is 13.7 Å². The minimum atomic E-state index is -4.02. The Kier molecular flexibility index (Phi) is 11.3.